The lowest BCUT2D eigenvalue weighted by Crippen LogP contribution is -2.46. The lowest BCUT2D eigenvalue weighted by Gasteiger charge is -2.08. The van der Waals surface area contributed by atoms with Crippen LogP contribution in [0.2, 0.25) is 0 Å². The van der Waals surface area contributed by atoms with Crippen LogP contribution in [0.25, 0.3) is 0 Å². The number of nitrogens with one attached hydrogen (secondary N) is 3. The third kappa shape index (κ3) is 5.33. The highest BCUT2D eigenvalue weighted by molar-refractivity contribution is 7.99. The quantitative estimate of drug-likeness (QED) is 0.573. The summed E-state index contributed by atoms with van der Waals surface area (Å²) in [5, 5.41) is 2.99. The molecule has 0 spiro atoms. The number of halogens is 1. The van der Waals surface area contributed by atoms with E-state index in [1.165, 1.54) is 17.8 Å². The molecule has 1 aromatic carbocycles. The van der Waals surface area contributed by atoms with E-state index in [1.807, 2.05) is 0 Å². The summed E-state index contributed by atoms with van der Waals surface area (Å²) < 4.78 is 13.3. The molecule has 0 bridgehead atoms. The Balaban J connectivity index is 2.24. The molecular weight excluding hydrogens is 273 g/mol. The van der Waals surface area contributed by atoms with Crippen LogP contribution in [-0.2, 0) is 10.5 Å². The van der Waals surface area contributed by atoms with E-state index in [9.17, 15) is 9.18 Å². The molecule has 4 nitrogen and oxygen atoms in total. The molecule has 0 aromatic heterocycles. The van der Waals surface area contributed by atoms with E-state index in [1.54, 1.807) is 25.2 Å². The summed E-state index contributed by atoms with van der Waals surface area (Å²) in [4.78, 5) is 11.4. The molecule has 0 saturated carbocycles. The van der Waals surface area contributed by atoms with E-state index in [2.05, 4.69) is 16.2 Å². The maximum Gasteiger partial charge on any atom is 0.248 e. The van der Waals surface area contributed by atoms with Crippen molar-refractivity contribution in [3.8, 4) is 0 Å². The van der Waals surface area contributed by atoms with Crippen molar-refractivity contribution in [1.29, 1.82) is 0 Å². The summed E-state index contributed by atoms with van der Waals surface area (Å²) >= 11 is 6.12. The fourth-order valence-electron chi connectivity index (χ4n) is 1.09. The molecule has 0 heterocycles. The molecule has 7 heteroatoms. The third-order valence-corrected chi connectivity index (χ3v) is 3.28. The van der Waals surface area contributed by atoms with Gasteiger partial charge in [0.2, 0.25) is 5.91 Å². The van der Waals surface area contributed by atoms with Crippen LogP contribution in [0.3, 0.4) is 0 Å². The number of benzene rings is 1. The molecular formula is C11H14FN3OS2. The van der Waals surface area contributed by atoms with Crippen molar-refractivity contribution in [2.24, 2.45) is 0 Å². The van der Waals surface area contributed by atoms with Crippen LogP contribution in [0, 0.1) is 5.82 Å². The summed E-state index contributed by atoms with van der Waals surface area (Å²) in [6, 6.07) is 6.52. The fraction of sp³-hybridized carbons (Fsp3) is 0.273. The van der Waals surface area contributed by atoms with E-state index < -0.39 is 0 Å². The molecule has 3 N–H and O–H groups in total. The van der Waals surface area contributed by atoms with Gasteiger partial charge in [-0.2, -0.15) is 0 Å². The highest BCUT2D eigenvalue weighted by atomic mass is 32.2. The van der Waals surface area contributed by atoms with Gasteiger partial charge in [0, 0.05) is 12.8 Å². The van der Waals surface area contributed by atoms with Crippen LogP contribution < -0.4 is 16.2 Å². The van der Waals surface area contributed by atoms with Crippen molar-refractivity contribution in [2.45, 2.75) is 5.75 Å². The van der Waals surface area contributed by atoms with Crippen LogP contribution in [0.15, 0.2) is 24.3 Å². The number of thiocarbonyl (C=S) groups is 1. The number of rotatable bonds is 4. The van der Waals surface area contributed by atoms with Gasteiger partial charge in [0.25, 0.3) is 0 Å². The van der Waals surface area contributed by atoms with Crippen LogP contribution in [-0.4, -0.2) is 23.8 Å². The van der Waals surface area contributed by atoms with Crippen LogP contribution >= 0.6 is 24.0 Å². The first-order valence-corrected chi connectivity index (χ1v) is 6.77. The second-order valence-electron chi connectivity index (χ2n) is 3.34. The predicted molar refractivity (Wildman–Crippen MR) is 75.5 cm³/mol. The van der Waals surface area contributed by atoms with E-state index in [0.29, 0.717) is 16.4 Å². The van der Waals surface area contributed by atoms with Gasteiger partial charge in [-0.05, 0) is 23.8 Å². The molecule has 0 fully saturated rings. The first-order chi connectivity index (χ1) is 8.63. The molecule has 0 atom stereocenters. The topological polar surface area (TPSA) is 53.2 Å². The molecule has 0 aliphatic carbocycles. The number of carbonyl (C=O) groups is 1. The number of hydrogen-bond donors (Lipinski definition) is 3. The van der Waals surface area contributed by atoms with Crippen molar-refractivity contribution in [1.82, 2.24) is 16.2 Å². The molecule has 1 rings (SSSR count). The number of hydrazine groups is 1. The Bertz CT molecular complexity index is 429. The molecule has 1 aromatic rings. The van der Waals surface area contributed by atoms with Gasteiger partial charge in [0.1, 0.15) is 5.82 Å². The van der Waals surface area contributed by atoms with Crippen LogP contribution in [0.1, 0.15) is 5.56 Å². The summed E-state index contributed by atoms with van der Waals surface area (Å²) in [6.45, 7) is 0. The largest absolute Gasteiger partial charge is 0.364 e. The van der Waals surface area contributed by atoms with Crippen molar-refractivity contribution >= 4 is 35.0 Å². The summed E-state index contributed by atoms with van der Waals surface area (Å²) in [6.07, 6.45) is 0. The van der Waals surface area contributed by atoms with Crippen molar-refractivity contribution < 1.29 is 9.18 Å². The van der Waals surface area contributed by atoms with Gasteiger partial charge < -0.3 is 5.32 Å². The predicted octanol–water partition coefficient (Wildman–Crippen LogP) is 1.18. The zero-order valence-corrected chi connectivity index (χ0v) is 11.5. The molecule has 0 aliphatic rings. The molecule has 0 radical (unpaired) electrons. The van der Waals surface area contributed by atoms with Gasteiger partial charge in [-0.3, -0.25) is 15.6 Å². The summed E-state index contributed by atoms with van der Waals surface area (Å²) in [5.41, 5.74) is 5.54. The number of hydrogen-bond acceptors (Lipinski definition) is 3. The number of thioether (sulfide) groups is 1. The number of carbonyl (C=O) groups excluding carboxylic acids is 1. The van der Waals surface area contributed by atoms with E-state index >= 15 is 0 Å². The zero-order valence-electron chi connectivity index (χ0n) is 9.83. The maximum atomic E-state index is 13.3. The first-order valence-electron chi connectivity index (χ1n) is 5.21. The molecule has 0 unspecified atom stereocenters. The summed E-state index contributed by atoms with van der Waals surface area (Å²) in [5.74, 6) is 0.221. The van der Waals surface area contributed by atoms with Crippen LogP contribution in [0.4, 0.5) is 4.39 Å². The molecule has 18 heavy (non-hydrogen) atoms. The second kappa shape index (κ2) is 7.88. The normalized spacial score (nSPS) is 9.67. The Morgan fingerprint density at radius 3 is 2.78 bits per heavy atom. The average Bonchev–Trinajstić information content (AvgIpc) is 2.38. The fourth-order valence-corrected chi connectivity index (χ4v) is 1.96. The lowest BCUT2D eigenvalue weighted by molar-refractivity contribution is -0.119. The Kier molecular flexibility index (Phi) is 6.45. The maximum absolute atomic E-state index is 13.3. The Labute approximate surface area is 115 Å². The van der Waals surface area contributed by atoms with E-state index in [-0.39, 0.29) is 17.5 Å². The van der Waals surface area contributed by atoms with Crippen LogP contribution in [0.5, 0.6) is 0 Å². The van der Waals surface area contributed by atoms with Gasteiger partial charge in [-0.1, -0.05) is 18.2 Å². The van der Waals surface area contributed by atoms with E-state index in [4.69, 9.17) is 12.2 Å². The van der Waals surface area contributed by atoms with Gasteiger partial charge >= 0.3 is 0 Å². The molecule has 0 saturated heterocycles. The average molecular weight is 287 g/mol. The van der Waals surface area contributed by atoms with Crippen molar-refractivity contribution in [3.63, 3.8) is 0 Å². The molecule has 0 aliphatic heterocycles. The highest BCUT2D eigenvalue weighted by Crippen LogP contribution is 2.14. The van der Waals surface area contributed by atoms with Crippen molar-refractivity contribution in [2.75, 3.05) is 12.8 Å². The smallest absolute Gasteiger partial charge is 0.248 e. The van der Waals surface area contributed by atoms with Gasteiger partial charge in [-0.25, -0.2) is 4.39 Å². The monoisotopic (exact) mass is 287 g/mol. The minimum Gasteiger partial charge on any atom is -0.364 e. The SMILES string of the molecule is CNC(=S)NNC(=O)CSCc1ccccc1F. The third-order valence-electron chi connectivity index (χ3n) is 1.99. The van der Waals surface area contributed by atoms with Gasteiger partial charge in [0.15, 0.2) is 5.11 Å². The molecule has 98 valence electrons. The Hall–Kier alpha value is -1.34. The second-order valence-corrected chi connectivity index (χ2v) is 4.73. The first kappa shape index (κ1) is 14.7. The lowest BCUT2D eigenvalue weighted by atomic mass is 10.2. The minimum absolute atomic E-state index is 0.214. The van der Waals surface area contributed by atoms with Gasteiger partial charge in [-0.15, -0.1) is 11.8 Å². The standard InChI is InChI=1S/C11H14FN3OS2/c1-13-11(17)15-14-10(16)7-18-6-8-4-2-3-5-9(8)12/h2-5H,6-7H2,1H3,(H,14,16)(H2,13,15,17). The van der Waals surface area contributed by atoms with Crippen molar-refractivity contribution in [3.05, 3.63) is 35.6 Å². The van der Waals surface area contributed by atoms with E-state index in [0.717, 1.165) is 0 Å². The van der Waals surface area contributed by atoms with Gasteiger partial charge in [0.05, 0.1) is 5.75 Å². The minimum atomic E-state index is -0.250. The molecule has 1 amide bonds. The zero-order chi connectivity index (χ0) is 13.4. The Morgan fingerprint density at radius 2 is 2.11 bits per heavy atom. The number of amides is 1. The highest BCUT2D eigenvalue weighted by Gasteiger charge is 2.04. The summed E-state index contributed by atoms with van der Waals surface area (Å²) in [7, 11) is 1.65. The Morgan fingerprint density at radius 1 is 1.39 bits per heavy atom.